The van der Waals surface area contributed by atoms with Crippen LogP contribution >= 0.6 is 22.9 Å². The van der Waals surface area contributed by atoms with Gasteiger partial charge in [0.15, 0.2) is 0 Å². The average Bonchev–Trinajstić information content (AvgIpc) is 2.74. The van der Waals surface area contributed by atoms with E-state index >= 15 is 0 Å². The highest BCUT2D eigenvalue weighted by Gasteiger charge is 2.26. The van der Waals surface area contributed by atoms with Gasteiger partial charge in [0, 0.05) is 30.6 Å². The zero-order valence-electron chi connectivity index (χ0n) is 10.1. The summed E-state index contributed by atoms with van der Waals surface area (Å²) in [7, 11) is 0. The van der Waals surface area contributed by atoms with Crippen molar-refractivity contribution in [3.63, 3.8) is 0 Å². The third-order valence-corrected chi connectivity index (χ3v) is 4.49. The first-order chi connectivity index (χ1) is 8.08. The molecule has 1 amide bonds. The first-order valence-electron chi connectivity index (χ1n) is 5.85. The third kappa shape index (κ3) is 3.00. The van der Waals surface area contributed by atoms with Crippen LogP contribution in [0.5, 0.6) is 0 Å². The molecule has 0 radical (unpaired) electrons. The van der Waals surface area contributed by atoms with Gasteiger partial charge in [-0.2, -0.15) is 0 Å². The molecule has 0 spiro atoms. The monoisotopic (exact) mass is 272 g/mol. The number of thiophene rings is 1. The molecule has 0 bridgehead atoms. The van der Waals surface area contributed by atoms with E-state index in [0.717, 1.165) is 28.8 Å². The highest BCUT2D eigenvalue weighted by molar-refractivity contribution is 7.16. The summed E-state index contributed by atoms with van der Waals surface area (Å²) in [4.78, 5) is 15.3. The van der Waals surface area contributed by atoms with Crippen molar-refractivity contribution in [3.05, 3.63) is 21.3 Å². The molecule has 1 aromatic rings. The van der Waals surface area contributed by atoms with Gasteiger partial charge in [0.1, 0.15) is 0 Å². The molecule has 3 nitrogen and oxygen atoms in total. The van der Waals surface area contributed by atoms with Gasteiger partial charge in [-0.25, -0.2) is 0 Å². The van der Waals surface area contributed by atoms with Crippen LogP contribution in [0.3, 0.4) is 0 Å². The number of nitrogens with one attached hydrogen (secondary N) is 1. The van der Waals surface area contributed by atoms with Crippen LogP contribution in [0, 0.1) is 0 Å². The zero-order valence-corrected chi connectivity index (χ0v) is 11.6. The van der Waals surface area contributed by atoms with Crippen molar-refractivity contribution >= 4 is 28.8 Å². The molecule has 5 heteroatoms. The Morgan fingerprint density at radius 1 is 1.65 bits per heavy atom. The smallest absolute Gasteiger partial charge is 0.230 e. The van der Waals surface area contributed by atoms with Crippen LogP contribution in [0.2, 0.25) is 4.34 Å². The number of carbonyl (C=O) groups is 1. The van der Waals surface area contributed by atoms with E-state index in [0.29, 0.717) is 6.04 Å². The maximum absolute atomic E-state index is 12.3. The molecule has 17 heavy (non-hydrogen) atoms. The topological polar surface area (TPSA) is 32.3 Å². The molecule has 1 aliphatic heterocycles. The van der Waals surface area contributed by atoms with E-state index in [1.807, 2.05) is 24.0 Å². The minimum absolute atomic E-state index is 0.0854. The van der Waals surface area contributed by atoms with Crippen molar-refractivity contribution in [1.82, 2.24) is 10.2 Å². The second-order valence-corrected chi connectivity index (χ2v) is 6.25. The molecule has 1 fully saturated rings. The van der Waals surface area contributed by atoms with Crippen LogP contribution in [0.25, 0.3) is 0 Å². The molecular weight excluding hydrogens is 256 g/mol. The molecule has 2 rings (SSSR count). The van der Waals surface area contributed by atoms with Gasteiger partial charge in [-0.3, -0.25) is 4.79 Å². The SMILES string of the molecule is CC1CN(C(=O)C(C)c2ccc(Cl)s2)CCN1. The summed E-state index contributed by atoms with van der Waals surface area (Å²) in [5, 5.41) is 3.34. The summed E-state index contributed by atoms with van der Waals surface area (Å²) >= 11 is 7.39. The van der Waals surface area contributed by atoms with E-state index in [1.54, 1.807) is 0 Å². The van der Waals surface area contributed by atoms with Gasteiger partial charge in [0.25, 0.3) is 0 Å². The van der Waals surface area contributed by atoms with Gasteiger partial charge < -0.3 is 10.2 Å². The number of halogens is 1. The molecule has 0 aliphatic carbocycles. The number of rotatable bonds is 2. The summed E-state index contributed by atoms with van der Waals surface area (Å²) in [5.41, 5.74) is 0. The minimum Gasteiger partial charge on any atom is -0.339 e. The Balaban J connectivity index is 2.04. The van der Waals surface area contributed by atoms with E-state index in [9.17, 15) is 4.79 Å². The number of hydrogen-bond acceptors (Lipinski definition) is 3. The predicted octanol–water partition coefficient (Wildman–Crippen LogP) is 2.33. The van der Waals surface area contributed by atoms with E-state index in [4.69, 9.17) is 11.6 Å². The highest BCUT2D eigenvalue weighted by Crippen LogP contribution is 2.29. The Bertz CT molecular complexity index is 407. The Morgan fingerprint density at radius 2 is 2.41 bits per heavy atom. The van der Waals surface area contributed by atoms with Crippen LogP contribution in [0.4, 0.5) is 0 Å². The second kappa shape index (κ2) is 5.38. The summed E-state index contributed by atoms with van der Waals surface area (Å²) in [6.07, 6.45) is 0. The number of piperazine rings is 1. The maximum Gasteiger partial charge on any atom is 0.230 e. The van der Waals surface area contributed by atoms with Crippen LogP contribution in [0.1, 0.15) is 24.6 Å². The Kier molecular flexibility index (Phi) is 4.07. The predicted molar refractivity (Wildman–Crippen MR) is 71.8 cm³/mol. The standard InChI is InChI=1S/C12H17ClN2OS/c1-8-7-15(6-5-14-8)12(16)9(2)10-3-4-11(13)17-10/h3-4,8-9,14H,5-7H2,1-2H3. The van der Waals surface area contributed by atoms with Gasteiger partial charge in [-0.1, -0.05) is 11.6 Å². The number of amides is 1. The van der Waals surface area contributed by atoms with E-state index in [-0.39, 0.29) is 11.8 Å². The van der Waals surface area contributed by atoms with Gasteiger partial charge in [0.2, 0.25) is 5.91 Å². The normalized spacial score (nSPS) is 22.5. The number of nitrogens with zero attached hydrogens (tertiary/aromatic N) is 1. The van der Waals surface area contributed by atoms with Crippen molar-refractivity contribution in [2.45, 2.75) is 25.8 Å². The number of hydrogen-bond donors (Lipinski definition) is 1. The van der Waals surface area contributed by atoms with E-state index in [2.05, 4.69) is 12.2 Å². The zero-order chi connectivity index (χ0) is 12.4. The molecule has 1 aromatic heterocycles. The van der Waals surface area contributed by atoms with Gasteiger partial charge in [-0.15, -0.1) is 11.3 Å². The van der Waals surface area contributed by atoms with E-state index in [1.165, 1.54) is 11.3 Å². The van der Waals surface area contributed by atoms with Gasteiger partial charge in [-0.05, 0) is 26.0 Å². The second-order valence-electron chi connectivity index (χ2n) is 4.50. The molecule has 2 atom stereocenters. The van der Waals surface area contributed by atoms with Crippen molar-refractivity contribution < 1.29 is 4.79 Å². The Labute approximate surface area is 111 Å². The fourth-order valence-corrected chi connectivity index (χ4v) is 3.19. The van der Waals surface area contributed by atoms with Crippen molar-refractivity contribution in [1.29, 1.82) is 0 Å². The fourth-order valence-electron chi connectivity index (χ4n) is 2.09. The molecular formula is C12H17ClN2OS. The highest BCUT2D eigenvalue weighted by atomic mass is 35.5. The Hall–Kier alpha value is -0.580. The molecule has 1 N–H and O–H groups in total. The average molecular weight is 273 g/mol. The fraction of sp³-hybridized carbons (Fsp3) is 0.583. The summed E-state index contributed by atoms with van der Waals surface area (Å²) in [6, 6.07) is 4.18. The molecule has 0 aromatic carbocycles. The first-order valence-corrected chi connectivity index (χ1v) is 7.05. The third-order valence-electron chi connectivity index (χ3n) is 3.07. The molecule has 2 unspecified atom stereocenters. The quantitative estimate of drug-likeness (QED) is 0.896. The lowest BCUT2D eigenvalue weighted by Gasteiger charge is -2.33. The van der Waals surface area contributed by atoms with Crippen LogP contribution in [-0.2, 0) is 4.79 Å². The number of carbonyl (C=O) groups excluding carboxylic acids is 1. The lowest BCUT2D eigenvalue weighted by molar-refractivity contribution is -0.133. The van der Waals surface area contributed by atoms with Crippen molar-refractivity contribution in [2.24, 2.45) is 0 Å². The molecule has 1 saturated heterocycles. The lowest BCUT2D eigenvalue weighted by atomic mass is 10.1. The first kappa shape index (κ1) is 12.9. The maximum atomic E-state index is 12.3. The molecule has 1 aliphatic rings. The molecule has 0 saturated carbocycles. The lowest BCUT2D eigenvalue weighted by Crippen LogP contribution is -2.52. The van der Waals surface area contributed by atoms with Crippen molar-refractivity contribution in [3.8, 4) is 0 Å². The summed E-state index contributed by atoms with van der Waals surface area (Å²) < 4.78 is 0.744. The van der Waals surface area contributed by atoms with Crippen LogP contribution < -0.4 is 5.32 Å². The molecule has 2 heterocycles. The Morgan fingerprint density at radius 3 is 3.00 bits per heavy atom. The van der Waals surface area contributed by atoms with E-state index < -0.39 is 0 Å². The largest absolute Gasteiger partial charge is 0.339 e. The van der Waals surface area contributed by atoms with Crippen molar-refractivity contribution in [2.75, 3.05) is 19.6 Å². The minimum atomic E-state index is -0.0854. The summed E-state index contributed by atoms with van der Waals surface area (Å²) in [6.45, 7) is 6.53. The van der Waals surface area contributed by atoms with Crippen LogP contribution in [0.15, 0.2) is 12.1 Å². The van der Waals surface area contributed by atoms with Crippen LogP contribution in [-0.4, -0.2) is 36.5 Å². The van der Waals surface area contributed by atoms with Gasteiger partial charge in [0.05, 0.1) is 10.3 Å². The summed E-state index contributed by atoms with van der Waals surface area (Å²) in [5.74, 6) is 0.120. The molecule has 94 valence electrons. The van der Waals surface area contributed by atoms with Gasteiger partial charge >= 0.3 is 0 Å².